The van der Waals surface area contributed by atoms with Crippen LogP contribution in [0.1, 0.15) is 13.3 Å². The molecule has 2 heterocycles. The molecule has 1 unspecified atom stereocenters. The van der Waals surface area contributed by atoms with E-state index in [-0.39, 0.29) is 12.1 Å². The third-order valence-electron chi connectivity index (χ3n) is 3.31. The molecule has 5 nitrogen and oxygen atoms in total. The van der Waals surface area contributed by atoms with Gasteiger partial charge in [0.05, 0.1) is 16.9 Å². The third kappa shape index (κ3) is 4.21. The number of carbonyl (C=O) groups is 1. The van der Waals surface area contributed by atoms with Gasteiger partial charge in [-0.05, 0) is 32.0 Å². The summed E-state index contributed by atoms with van der Waals surface area (Å²) in [5, 5.41) is 6.15. The summed E-state index contributed by atoms with van der Waals surface area (Å²) in [7, 11) is 2.09. The minimum atomic E-state index is -0.249. The Labute approximate surface area is 124 Å². The number of nitrogens with zero attached hydrogens (tertiary/aromatic N) is 2. The second-order valence-corrected chi connectivity index (χ2v) is 5.44. The van der Waals surface area contributed by atoms with E-state index < -0.39 is 0 Å². The molecule has 2 amide bonds. The molecule has 0 aromatic carbocycles. The zero-order valence-electron chi connectivity index (χ0n) is 11.7. The van der Waals surface area contributed by atoms with Gasteiger partial charge in [-0.2, -0.15) is 0 Å². The van der Waals surface area contributed by atoms with Gasteiger partial charge < -0.3 is 15.5 Å². The average molecular weight is 295 g/mol. The van der Waals surface area contributed by atoms with E-state index >= 15 is 0 Å². The Kier molecular flexibility index (Phi) is 4.98. The number of carbonyl (C=O) groups excluding carboxylic acids is 1. The van der Waals surface area contributed by atoms with Crippen LogP contribution in [0.2, 0.25) is 5.02 Å². The van der Waals surface area contributed by atoms with E-state index in [2.05, 4.69) is 33.6 Å². The Bertz CT molecular complexity index is 518. The van der Waals surface area contributed by atoms with Crippen LogP contribution in [0.4, 0.5) is 10.5 Å². The van der Waals surface area contributed by atoms with Crippen molar-refractivity contribution in [3.8, 4) is 0 Å². The maximum absolute atomic E-state index is 11.9. The molecule has 0 saturated heterocycles. The first-order valence-corrected chi connectivity index (χ1v) is 6.98. The number of urea groups is 1. The highest BCUT2D eigenvalue weighted by molar-refractivity contribution is 6.30. The molecule has 20 heavy (non-hydrogen) atoms. The first-order chi connectivity index (χ1) is 9.54. The van der Waals surface area contributed by atoms with Crippen molar-refractivity contribution in [3.05, 3.63) is 35.1 Å². The predicted octanol–water partition coefficient (Wildman–Crippen LogP) is 2.51. The fourth-order valence-electron chi connectivity index (χ4n) is 2.12. The van der Waals surface area contributed by atoms with Gasteiger partial charge in [-0.3, -0.25) is 4.98 Å². The maximum Gasteiger partial charge on any atom is 0.319 e. The van der Waals surface area contributed by atoms with Gasteiger partial charge in [-0.25, -0.2) is 4.79 Å². The zero-order valence-corrected chi connectivity index (χ0v) is 12.4. The van der Waals surface area contributed by atoms with Crippen LogP contribution in [0.5, 0.6) is 0 Å². The van der Waals surface area contributed by atoms with Gasteiger partial charge in [0, 0.05) is 25.3 Å². The molecule has 1 aromatic rings. The Morgan fingerprint density at radius 2 is 2.30 bits per heavy atom. The molecule has 1 atom stereocenters. The largest absolute Gasteiger partial charge is 0.332 e. The van der Waals surface area contributed by atoms with Crippen LogP contribution in [0.3, 0.4) is 0 Å². The van der Waals surface area contributed by atoms with E-state index in [1.807, 2.05) is 6.92 Å². The van der Waals surface area contributed by atoms with Gasteiger partial charge in [-0.15, -0.1) is 0 Å². The average Bonchev–Trinajstić information content (AvgIpc) is 2.39. The molecule has 0 radical (unpaired) electrons. The molecule has 0 bridgehead atoms. The number of nitrogens with one attached hydrogen (secondary N) is 2. The Hall–Kier alpha value is -1.59. The molecule has 1 aliphatic heterocycles. The van der Waals surface area contributed by atoms with Gasteiger partial charge in [0.2, 0.25) is 0 Å². The van der Waals surface area contributed by atoms with E-state index in [0.717, 1.165) is 19.5 Å². The molecule has 0 spiro atoms. The SMILES string of the molecule is CC(NC(=O)Nc1cncc(Cl)c1)C1=CCN(C)CC1. The summed E-state index contributed by atoms with van der Waals surface area (Å²) < 4.78 is 0. The van der Waals surface area contributed by atoms with Gasteiger partial charge in [0.25, 0.3) is 0 Å². The van der Waals surface area contributed by atoms with E-state index in [9.17, 15) is 4.79 Å². The fourth-order valence-corrected chi connectivity index (χ4v) is 2.29. The number of hydrogen-bond donors (Lipinski definition) is 2. The summed E-state index contributed by atoms with van der Waals surface area (Å²) in [6, 6.07) is 1.44. The topological polar surface area (TPSA) is 57.3 Å². The number of anilines is 1. The molecule has 1 aromatic heterocycles. The molecule has 0 fully saturated rings. The molecule has 1 aliphatic rings. The third-order valence-corrected chi connectivity index (χ3v) is 3.52. The van der Waals surface area contributed by atoms with Crippen LogP contribution in [0.25, 0.3) is 0 Å². The summed E-state index contributed by atoms with van der Waals surface area (Å²) >= 11 is 5.82. The lowest BCUT2D eigenvalue weighted by Crippen LogP contribution is -2.39. The number of rotatable bonds is 3. The molecule has 0 saturated carbocycles. The van der Waals surface area contributed by atoms with Crippen molar-refractivity contribution < 1.29 is 4.79 Å². The first kappa shape index (κ1) is 14.8. The van der Waals surface area contributed by atoms with Gasteiger partial charge >= 0.3 is 6.03 Å². The number of hydrogen-bond acceptors (Lipinski definition) is 3. The highest BCUT2D eigenvalue weighted by atomic mass is 35.5. The molecular formula is C14H19ClN4O. The lowest BCUT2D eigenvalue weighted by atomic mass is 10.0. The van der Waals surface area contributed by atoms with Crippen LogP contribution in [-0.4, -0.2) is 42.1 Å². The van der Waals surface area contributed by atoms with Crippen LogP contribution in [0, 0.1) is 0 Å². The predicted molar refractivity (Wildman–Crippen MR) is 81.1 cm³/mol. The van der Waals surface area contributed by atoms with E-state index in [1.54, 1.807) is 12.3 Å². The monoisotopic (exact) mass is 294 g/mol. The van der Waals surface area contributed by atoms with Crippen molar-refractivity contribution in [1.82, 2.24) is 15.2 Å². The lowest BCUT2D eigenvalue weighted by molar-refractivity contribution is 0.250. The molecule has 6 heteroatoms. The molecule has 0 aliphatic carbocycles. The Balaban J connectivity index is 1.88. The van der Waals surface area contributed by atoms with E-state index in [1.165, 1.54) is 11.8 Å². The number of halogens is 1. The maximum atomic E-state index is 11.9. The highest BCUT2D eigenvalue weighted by Gasteiger charge is 2.15. The van der Waals surface area contributed by atoms with Crippen molar-refractivity contribution in [1.29, 1.82) is 0 Å². The standard InChI is InChI=1S/C14H19ClN4O/c1-10(11-3-5-19(2)6-4-11)17-14(20)18-13-7-12(15)8-16-9-13/h3,7-10H,4-6H2,1-2H3,(H2,17,18,20). The number of likely N-dealkylation sites (N-methyl/N-ethyl adjacent to an activating group) is 1. The summed E-state index contributed by atoms with van der Waals surface area (Å²) in [5.74, 6) is 0. The number of amides is 2. The van der Waals surface area contributed by atoms with E-state index in [0.29, 0.717) is 10.7 Å². The quantitative estimate of drug-likeness (QED) is 0.842. The van der Waals surface area contributed by atoms with Gasteiger partial charge in [0.15, 0.2) is 0 Å². The minimum Gasteiger partial charge on any atom is -0.332 e. The summed E-state index contributed by atoms with van der Waals surface area (Å²) in [5.41, 5.74) is 1.85. The second kappa shape index (κ2) is 6.72. The molecule has 108 valence electrons. The lowest BCUT2D eigenvalue weighted by Gasteiger charge is -2.26. The van der Waals surface area contributed by atoms with Gasteiger partial charge in [-0.1, -0.05) is 17.7 Å². The second-order valence-electron chi connectivity index (χ2n) is 5.00. The van der Waals surface area contributed by atoms with Crippen molar-refractivity contribution in [2.75, 3.05) is 25.5 Å². The van der Waals surface area contributed by atoms with Crippen LogP contribution in [-0.2, 0) is 0 Å². The number of pyridine rings is 1. The highest BCUT2D eigenvalue weighted by Crippen LogP contribution is 2.15. The normalized spacial score (nSPS) is 17.2. The van der Waals surface area contributed by atoms with Gasteiger partial charge in [0.1, 0.15) is 0 Å². The Morgan fingerprint density at radius 1 is 1.50 bits per heavy atom. The Morgan fingerprint density at radius 3 is 2.95 bits per heavy atom. The fraction of sp³-hybridized carbons (Fsp3) is 0.429. The summed E-state index contributed by atoms with van der Waals surface area (Å²) in [6.07, 6.45) is 6.24. The molecule has 2 rings (SSSR count). The smallest absolute Gasteiger partial charge is 0.319 e. The molecule has 2 N–H and O–H groups in total. The van der Waals surface area contributed by atoms with Crippen molar-refractivity contribution >= 4 is 23.3 Å². The van der Waals surface area contributed by atoms with E-state index in [4.69, 9.17) is 11.6 Å². The van der Waals surface area contributed by atoms with Crippen molar-refractivity contribution in [2.24, 2.45) is 0 Å². The molecular weight excluding hydrogens is 276 g/mol. The zero-order chi connectivity index (χ0) is 14.5. The van der Waals surface area contributed by atoms with Crippen molar-refractivity contribution in [2.45, 2.75) is 19.4 Å². The van der Waals surface area contributed by atoms with Crippen LogP contribution < -0.4 is 10.6 Å². The summed E-state index contributed by atoms with van der Waals surface area (Å²) in [6.45, 7) is 3.95. The number of aromatic nitrogens is 1. The van der Waals surface area contributed by atoms with Crippen LogP contribution >= 0.6 is 11.6 Å². The summed E-state index contributed by atoms with van der Waals surface area (Å²) in [4.78, 5) is 18.1. The van der Waals surface area contributed by atoms with Crippen molar-refractivity contribution in [3.63, 3.8) is 0 Å². The minimum absolute atomic E-state index is 0.0239. The van der Waals surface area contributed by atoms with Crippen LogP contribution in [0.15, 0.2) is 30.1 Å². The first-order valence-electron chi connectivity index (χ1n) is 6.60.